The molecule has 0 saturated heterocycles. The number of carbonyl (C=O) groups is 1. The Morgan fingerprint density at radius 1 is 1.48 bits per heavy atom. The van der Waals surface area contributed by atoms with Crippen LogP contribution in [0, 0.1) is 10.1 Å². The van der Waals surface area contributed by atoms with Crippen LogP contribution in [0.4, 0.5) is 5.69 Å². The summed E-state index contributed by atoms with van der Waals surface area (Å²) in [4.78, 5) is 22.9. The van der Waals surface area contributed by atoms with Crippen LogP contribution in [0.5, 0.6) is 5.75 Å². The number of nitro benzene ring substituents is 1. The number of methoxy groups -OCH3 is 1. The Labute approximate surface area is 127 Å². The van der Waals surface area contributed by atoms with Gasteiger partial charge in [-0.3, -0.25) is 14.9 Å². The number of nitro groups is 1. The second kappa shape index (κ2) is 6.30. The zero-order chi connectivity index (χ0) is 15.5. The van der Waals surface area contributed by atoms with Crippen LogP contribution in [0.3, 0.4) is 0 Å². The first-order valence-corrected chi connectivity index (χ1v) is 7.26. The third kappa shape index (κ3) is 3.10. The highest BCUT2D eigenvalue weighted by atomic mass is 35.5. The van der Waals surface area contributed by atoms with E-state index in [2.05, 4.69) is 5.32 Å². The van der Waals surface area contributed by atoms with Crippen LogP contribution in [-0.4, -0.2) is 29.4 Å². The Hall–Kier alpha value is -1.82. The van der Waals surface area contributed by atoms with Gasteiger partial charge in [-0.15, -0.1) is 11.6 Å². The highest BCUT2D eigenvalue weighted by Gasteiger charge is 2.35. The highest BCUT2D eigenvalue weighted by molar-refractivity contribution is 6.19. The third-order valence-corrected chi connectivity index (χ3v) is 4.35. The molecule has 1 aromatic rings. The molecule has 0 radical (unpaired) electrons. The van der Waals surface area contributed by atoms with Crippen molar-refractivity contribution in [1.29, 1.82) is 0 Å². The molecule has 1 N–H and O–H groups in total. The first kappa shape index (κ1) is 15.6. The van der Waals surface area contributed by atoms with Crippen molar-refractivity contribution in [2.75, 3.05) is 13.0 Å². The van der Waals surface area contributed by atoms with E-state index in [0.717, 1.165) is 25.7 Å². The van der Waals surface area contributed by atoms with Crippen molar-refractivity contribution in [2.45, 2.75) is 31.2 Å². The summed E-state index contributed by atoms with van der Waals surface area (Å²) in [5.74, 6) is -0.0866. The molecule has 1 aliphatic carbocycles. The molecule has 0 aliphatic heterocycles. The van der Waals surface area contributed by atoms with Crippen molar-refractivity contribution >= 4 is 23.2 Å². The molecule has 0 unspecified atom stereocenters. The summed E-state index contributed by atoms with van der Waals surface area (Å²) in [6.07, 6.45) is 3.66. The average molecular weight is 313 g/mol. The molecule has 1 saturated carbocycles. The Bertz CT molecular complexity index is 556. The third-order valence-electron chi connectivity index (χ3n) is 3.83. The molecular formula is C14H17ClN2O4. The summed E-state index contributed by atoms with van der Waals surface area (Å²) in [6.45, 7) is 0. The number of para-hydroxylation sites is 1. The zero-order valence-electron chi connectivity index (χ0n) is 11.7. The van der Waals surface area contributed by atoms with Gasteiger partial charge in [0.15, 0.2) is 0 Å². The zero-order valence-corrected chi connectivity index (χ0v) is 12.5. The fraction of sp³-hybridized carbons (Fsp3) is 0.500. The maximum atomic E-state index is 12.4. The van der Waals surface area contributed by atoms with Gasteiger partial charge in [0.2, 0.25) is 5.75 Å². The summed E-state index contributed by atoms with van der Waals surface area (Å²) in [6, 6.07) is 4.29. The van der Waals surface area contributed by atoms with Crippen LogP contribution in [0.1, 0.15) is 36.0 Å². The van der Waals surface area contributed by atoms with Crippen molar-refractivity contribution in [3.8, 4) is 5.75 Å². The minimum Gasteiger partial charge on any atom is -0.490 e. The second-order valence-corrected chi connectivity index (χ2v) is 5.46. The van der Waals surface area contributed by atoms with Crippen LogP contribution >= 0.6 is 11.6 Å². The van der Waals surface area contributed by atoms with Crippen LogP contribution in [0.25, 0.3) is 0 Å². The first-order valence-electron chi connectivity index (χ1n) is 6.73. The number of alkyl halides is 1. The summed E-state index contributed by atoms with van der Waals surface area (Å²) < 4.78 is 5.05. The van der Waals surface area contributed by atoms with E-state index >= 15 is 0 Å². The fourth-order valence-corrected chi connectivity index (χ4v) is 3.05. The molecule has 1 aliphatic rings. The molecule has 2 rings (SSSR count). The predicted octanol–water partition coefficient (Wildman–Crippen LogP) is 2.88. The van der Waals surface area contributed by atoms with Crippen molar-refractivity contribution < 1.29 is 14.5 Å². The Kier molecular flexibility index (Phi) is 4.67. The molecule has 1 aromatic carbocycles. The molecule has 0 spiro atoms. The largest absolute Gasteiger partial charge is 0.490 e. The van der Waals surface area contributed by atoms with Crippen LogP contribution in [-0.2, 0) is 0 Å². The lowest BCUT2D eigenvalue weighted by atomic mass is 9.99. The van der Waals surface area contributed by atoms with E-state index in [4.69, 9.17) is 16.3 Å². The minimum absolute atomic E-state index is 0.0253. The molecule has 114 valence electrons. The molecule has 0 heterocycles. The minimum atomic E-state index is -0.567. The van der Waals surface area contributed by atoms with E-state index in [1.165, 1.54) is 25.3 Å². The van der Waals surface area contributed by atoms with Gasteiger partial charge in [0.1, 0.15) is 0 Å². The molecule has 6 nitrogen and oxygen atoms in total. The maximum absolute atomic E-state index is 12.4. The van der Waals surface area contributed by atoms with Crippen molar-refractivity contribution in [2.24, 2.45) is 0 Å². The molecule has 7 heteroatoms. The monoisotopic (exact) mass is 312 g/mol. The van der Waals surface area contributed by atoms with Gasteiger partial charge in [-0.25, -0.2) is 0 Å². The molecule has 21 heavy (non-hydrogen) atoms. The van der Waals surface area contributed by atoms with Crippen LogP contribution in [0.2, 0.25) is 0 Å². The molecule has 0 atom stereocenters. The lowest BCUT2D eigenvalue weighted by Gasteiger charge is -2.28. The van der Waals surface area contributed by atoms with Gasteiger partial charge in [0, 0.05) is 11.9 Å². The number of ether oxygens (including phenoxy) is 1. The van der Waals surface area contributed by atoms with E-state index in [0.29, 0.717) is 5.88 Å². The van der Waals surface area contributed by atoms with Gasteiger partial charge >= 0.3 is 5.69 Å². The van der Waals surface area contributed by atoms with Gasteiger partial charge in [-0.1, -0.05) is 18.9 Å². The number of benzene rings is 1. The summed E-state index contributed by atoms with van der Waals surface area (Å²) in [5.41, 5.74) is -0.492. The highest BCUT2D eigenvalue weighted by Crippen LogP contribution is 2.34. The number of nitrogens with one attached hydrogen (secondary N) is 1. The fourth-order valence-electron chi connectivity index (χ4n) is 2.71. The first-order chi connectivity index (χ1) is 10.0. The van der Waals surface area contributed by atoms with Gasteiger partial charge in [0.05, 0.1) is 23.1 Å². The van der Waals surface area contributed by atoms with E-state index in [1.807, 2.05) is 0 Å². The number of amides is 1. The second-order valence-electron chi connectivity index (χ2n) is 5.19. The normalized spacial score (nSPS) is 16.5. The van der Waals surface area contributed by atoms with E-state index in [-0.39, 0.29) is 17.0 Å². The molecule has 0 aromatic heterocycles. The summed E-state index contributed by atoms with van der Waals surface area (Å²) in [7, 11) is 1.31. The number of hydrogen-bond donors (Lipinski definition) is 1. The Morgan fingerprint density at radius 3 is 2.67 bits per heavy atom. The number of hydrogen-bond acceptors (Lipinski definition) is 4. The lowest BCUT2D eigenvalue weighted by molar-refractivity contribution is -0.385. The molecule has 1 amide bonds. The smallest absolute Gasteiger partial charge is 0.311 e. The summed E-state index contributed by atoms with van der Waals surface area (Å²) >= 11 is 6.00. The Balaban J connectivity index is 2.31. The molecular weight excluding hydrogens is 296 g/mol. The predicted molar refractivity (Wildman–Crippen MR) is 79.0 cm³/mol. The van der Waals surface area contributed by atoms with Gasteiger partial charge < -0.3 is 10.1 Å². The van der Waals surface area contributed by atoms with E-state index < -0.39 is 16.4 Å². The van der Waals surface area contributed by atoms with Crippen LogP contribution < -0.4 is 10.1 Å². The SMILES string of the molecule is COc1c(C(=O)NC2(CCl)CCCC2)cccc1[N+](=O)[O-]. The quantitative estimate of drug-likeness (QED) is 0.515. The standard InChI is InChI=1S/C14H17ClN2O4/c1-21-12-10(5-4-6-11(12)17(19)20)13(18)16-14(9-15)7-2-3-8-14/h4-6H,2-3,7-9H2,1H3,(H,16,18). The van der Waals surface area contributed by atoms with Crippen molar-refractivity contribution in [3.05, 3.63) is 33.9 Å². The number of halogens is 1. The molecule has 1 fully saturated rings. The topological polar surface area (TPSA) is 81.5 Å². The summed E-state index contributed by atoms with van der Waals surface area (Å²) in [5, 5.41) is 13.9. The average Bonchev–Trinajstić information content (AvgIpc) is 2.95. The van der Waals surface area contributed by atoms with E-state index in [1.54, 1.807) is 0 Å². The number of rotatable bonds is 5. The lowest BCUT2D eigenvalue weighted by Crippen LogP contribution is -2.48. The number of carbonyl (C=O) groups excluding carboxylic acids is 1. The van der Waals surface area contributed by atoms with Gasteiger partial charge in [0.25, 0.3) is 5.91 Å². The van der Waals surface area contributed by atoms with E-state index in [9.17, 15) is 14.9 Å². The molecule has 0 bridgehead atoms. The van der Waals surface area contributed by atoms with Crippen molar-refractivity contribution in [3.63, 3.8) is 0 Å². The van der Waals surface area contributed by atoms with Gasteiger partial charge in [-0.05, 0) is 18.9 Å². The maximum Gasteiger partial charge on any atom is 0.311 e. The Morgan fingerprint density at radius 2 is 2.14 bits per heavy atom. The van der Waals surface area contributed by atoms with Crippen LogP contribution in [0.15, 0.2) is 18.2 Å². The van der Waals surface area contributed by atoms with Gasteiger partial charge in [-0.2, -0.15) is 0 Å². The number of nitrogens with zero attached hydrogens (tertiary/aromatic N) is 1. The van der Waals surface area contributed by atoms with Crippen molar-refractivity contribution in [1.82, 2.24) is 5.32 Å².